The van der Waals surface area contributed by atoms with Gasteiger partial charge in [-0.25, -0.2) is 4.98 Å². The van der Waals surface area contributed by atoms with E-state index in [1.165, 1.54) is 6.07 Å². The first-order valence-corrected chi connectivity index (χ1v) is 7.54. The fraction of sp³-hybridized carbons (Fsp3) is 0.667. The molecule has 1 aliphatic rings. The van der Waals surface area contributed by atoms with Crippen molar-refractivity contribution in [2.45, 2.75) is 43.5 Å². The second-order valence-electron chi connectivity index (χ2n) is 5.88. The molecular weight excluding hydrogens is 317 g/mol. The zero-order valence-electron chi connectivity index (χ0n) is 12.8. The number of nitrogens with zero attached hydrogens (tertiary/aromatic N) is 2. The van der Waals surface area contributed by atoms with E-state index in [-0.39, 0.29) is 23.1 Å². The molecule has 1 aromatic rings. The standard InChI is InChI=1S/C15H20ClF3N2O/c1-21(2)12-8-9(4-7-13(12)22-3)11-6-5-10(16)14(20-11)15(17,18)19/h5-6,9,12-13H,4,7-8H2,1-3H3/t9-,12-,13-/m0/s1. The summed E-state index contributed by atoms with van der Waals surface area (Å²) in [6.07, 6.45) is -2.15. The Morgan fingerprint density at radius 3 is 2.50 bits per heavy atom. The average molecular weight is 337 g/mol. The van der Waals surface area contributed by atoms with Crippen LogP contribution in [0.3, 0.4) is 0 Å². The number of methoxy groups -OCH3 is 1. The molecule has 0 bridgehead atoms. The van der Waals surface area contributed by atoms with E-state index in [2.05, 4.69) is 9.88 Å². The lowest BCUT2D eigenvalue weighted by Gasteiger charge is -2.39. The summed E-state index contributed by atoms with van der Waals surface area (Å²) < 4.78 is 44.3. The Morgan fingerprint density at radius 1 is 1.27 bits per heavy atom. The second-order valence-corrected chi connectivity index (χ2v) is 6.29. The highest BCUT2D eigenvalue weighted by atomic mass is 35.5. The van der Waals surface area contributed by atoms with Gasteiger partial charge in [-0.2, -0.15) is 13.2 Å². The van der Waals surface area contributed by atoms with Gasteiger partial charge in [-0.05, 0) is 45.5 Å². The zero-order chi connectivity index (χ0) is 16.5. The predicted molar refractivity (Wildman–Crippen MR) is 79.1 cm³/mol. The lowest BCUT2D eigenvalue weighted by molar-refractivity contribution is -0.141. The van der Waals surface area contributed by atoms with Crippen LogP contribution in [0.25, 0.3) is 0 Å². The number of pyridine rings is 1. The van der Waals surface area contributed by atoms with Gasteiger partial charge in [0.15, 0.2) is 5.69 Å². The Bertz CT molecular complexity index is 522. The van der Waals surface area contributed by atoms with Gasteiger partial charge in [0.2, 0.25) is 0 Å². The van der Waals surface area contributed by atoms with E-state index in [9.17, 15) is 13.2 Å². The maximum absolute atomic E-state index is 12.9. The molecule has 22 heavy (non-hydrogen) atoms. The molecule has 2 rings (SSSR count). The molecule has 1 heterocycles. The summed E-state index contributed by atoms with van der Waals surface area (Å²) in [5.41, 5.74) is -0.542. The summed E-state index contributed by atoms with van der Waals surface area (Å²) in [6.45, 7) is 0. The molecule has 0 aliphatic heterocycles. The van der Waals surface area contributed by atoms with Gasteiger partial charge in [-0.3, -0.25) is 0 Å². The van der Waals surface area contributed by atoms with E-state index in [1.807, 2.05) is 14.1 Å². The Kier molecular flexibility index (Phi) is 5.35. The number of likely N-dealkylation sites (N-methyl/N-ethyl adjacent to an activating group) is 1. The molecule has 3 nitrogen and oxygen atoms in total. The first kappa shape index (κ1) is 17.5. The predicted octanol–water partition coefficient (Wildman–Crippen LogP) is 3.97. The molecule has 3 atom stereocenters. The summed E-state index contributed by atoms with van der Waals surface area (Å²) in [5, 5.41) is -0.356. The van der Waals surface area contributed by atoms with Gasteiger partial charge in [0.05, 0.1) is 11.1 Å². The van der Waals surface area contributed by atoms with Crippen molar-refractivity contribution in [1.29, 1.82) is 0 Å². The van der Waals surface area contributed by atoms with Crippen LogP contribution in [0.15, 0.2) is 12.1 Å². The number of rotatable bonds is 3. The molecule has 0 aromatic carbocycles. The fourth-order valence-corrected chi connectivity index (χ4v) is 3.30. The summed E-state index contributed by atoms with van der Waals surface area (Å²) >= 11 is 5.63. The van der Waals surface area contributed by atoms with Gasteiger partial charge < -0.3 is 9.64 Å². The first-order chi connectivity index (χ1) is 10.2. The van der Waals surface area contributed by atoms with E-state index in [1.54, 1.807) is 13.2 Å². The van der Waals surface area contributed by atoms with Crippen LogP contribution in [-0.2, 0) is 10.9 Å². The lowest BCUT2D eigenvalue weighted by Crippen LogP contribution is -2.44. The Balaban J connectivity index is 2.25. The number of aromatic nitrogens is 1. The molecule has 1 fully saturated rings. The maximum Gasteiger partial charge on any atom is 0.434 e. The molecule has 0 radical (unpaired) electrons. The third-order valence-electron chi connectivity index (χ3n) is 4.28. The first-order valence-electron chi connectivity index (χ1n) is 7.17. The minimum absolute atomic E-state index is 0.0165. The summed E-state index contributed by atoms with van der Waals surface area (Å²) in [6, 6.07) is 3.05. The normalized spacial score (nSPS) is 26.5. The molecule has 124 valence electrons. The molecule has 0 unspecified atom stereocenters. The molecule has 1 aromatic heterocycles. The van der Waals surface area contributed by atoms with Crippen LogP contribution in [-0.4, -0.2) is 43.2 Å². The van der Waals surface area contributed by atoms with Crippen molar-refractivity contribution in [1.82, 2.24) is 9.88 Å². The summed E-state index contributed by atoms with van der Waals surface area (Å²) in [4.78, 5) is 5.85. The van der Waals surface area contributed by atoms with Crippen molar-refractivity contribution < 1.29 is 17.9 Å². The number of hydrogen-bond acceptors (Lipinski definition) is 3. The second kappa shape index (κ2) is 6.72. The number of ether oxygens (including phenoxy) is 1. The van der Waals surface area contributed by atoms with Crippen molar-refractivity contribution in [2.75, 3.05) is 21.2 Å². The minimum atomic E-state index is -4.53. The molecule has 0 N–H and O–H groups in total. The van der Waals surface area contributed by atoms with E-state index in [0.29, 0.717) is 5.69 Å². The van der Waals surface area contributed by atoms with Crippen molar-refractivity contribution in [3.8, 4) is 0 Å². The molecular formula is C15H20ClF3N2O. The van der Waals surface area contributed by atoms with Crippen LogP contribution in [0.2, 0.25) is 5.02 Å². The minimum Gasteiger partial charge on any atom is -0.380 e. The van der Waals surface area contributed by atoms with Gasteiger partial charge in [-0.1, -0.05) is 11.6 Å². The van der Waals surface area contributed by atoms with Crippen molar-refractivity contribution in [3.05, 3.63) is 28.5 Å². The fourth-order valence-electron chi connectivity index (χ4n) is 3.09. The summed E-state index contributed by atoms with van der Waals surface area (Å²) in [5.74, 6) is -0.0165. The average Bonchev–Trinajstić information content (AvgIpc) is 2.45. The quantitative estimate of drug-likeness (QED) is 0.835. The van der Waals surface area contributed by atoms with Crippen molar-refractivity contribution in [2.24, 2.45) is 0 Å². The molecule has 1 saturated carbocycles. The lowest BCUT2D eigenvalue weighted by atomic mass is 9.81. The highest BCUT2D eigenvalue weighted by Crippen LogP contribution is 2.38. The molecule has 0 spiro atoms. The molecule has 0 amide bonds. The topological polar surface area (TPSA) is 25.4 Å². The van der Waals surface area contributed by atoms with Gasteiger partial charge >= 0.3 is 6.18 Å². The third-order valence-corrected chi connectivity index (χ3v) is 4.58. The van der Waals surface area contributed by atoms with Crippen LogP contribution in [0.1, 0.15) is 36.6 Å². The van der Waals surface area contributed by atoms with E-state index in [0.717, 1.165) is 19.3 Å². The molecule has 7 heteroatoms. The highest BCUT2D eigenvalue weighted by Gasteiger charge is 2.37. The SMILES string of the molecule is CO[C@H]1CC[C@H](c2ccc(Cl)c(C(F)(F)F)n2)C[C@@H]1N(C)C. The van der Waals surface area contributed by atoms with Crippen molar-refractivity contribution >= 4 is 11.6 Å². The highest BCUT2D eigenvalue weighted by molar-refractivity contribution is 6.31. The number of hydrogen-bond donors (Lipinski definition) is 0. The van der Waals surface area contributed by atoms with E-state index in [4.69, 9.17) is 16.3 Å². The summed E-state index contributed by atoms with van der Waals surface area (Å²) in [7, 11) is 5.58. The van der Waals surface area contributed by atoms with Gasteiger partial charge in [0, 0.05) is 24.8 Å². The number of halogens is 4. The maximum atomic E-state index is 12.9. The monoisotopic (exact) mass is 336 g/mol. The van der Waals surface area contributed by atoms with Crippen LogP contribution in [0, 0.1) is 0 Å². The van der Waals surface area contributed by atoms with Crippen LogP contribution in [0.4, 0.5) is 13.2 Å². The molecule has 0 saturated heterocycles. The van der Waals surface area contributed by atoms with Crippen LogP contribution in [0.5, 0.6) is 0 Å². The Labute approximate surface area is 133 Å². The largest absolute Gasteiger partial charge is 0.434 e. The van der Waals surface area contributed by atoms with Crippen molar-refractivity contribution in [3.63, 3.8) is 0 Å². The van der Waals surface area contributed by atoms with Crippen LogP contribution >= 0.6 is 11.6 Å². The number of alkyl halides is 3. The van der Waals surface area contributed by atoms with E-state index >= 15 is 0 Å². The zero-order valence-corrected chi connectivity index (χ0v) is 13.6. The Hall–Kier alpha value is -0.850. The van der Waals surface area contributed by atoms with Gasteiger partial charge in [0.25, 0.3) is 0 Å². The van der Waals surface area contributed by atoms with Gasteiger partial charge in [-0.15, -0.1) is 0 Å². The Morgan fingerprint density at radius 2 is 1.95 bits per heavy atom. The molecule has 1 aliphatic carbocycles. The van der Waals surface area contributed by atoms with E-state index < -0.39 is 11.9 Å². The van der Waals surface area contributed by atoms with Gasteiger partial charge in [0.1, 0.15) is 0 Å². The third kappa shape index (κ3) is 3.73. The van der Waals surface area contributed by atoms with Crippen LogP contribution < -0.4 is 0 Å². The smallest absolute Gasteiger partial charge is 0.380 e.